The molecule has 2 aromatic rings. The molecule has 1 aliphatic heterocycles. The zero-order chi connectivity index (χ0) is 21.7. The van der Waals surface area contributed by atoms with Crippen molar-refractivity contribution in [1.82, 2.24) is 20.2 Å². The Kier molecular flexibility index (Phi) is 6.89. The summed E-state index contributed by atoms with van der Waals surface area (Å²) in [6.07, 6.45) is 4.42. The van der Waals surface area contributed by atoms with Crippen molar-refractivity contribution in [3.63, 3.8) is 0 Å². The molecule has 8 nitrogen and oxygen atoms in total. The number of pyridine rings is 2. The van der Waals surface area contributed by atoms with Crippen molar-refractivity contribution in [1.29, 1.82) is 5.41 Å². The van der Waals surface area contributed by atoms with Crippen LogP contribution in [-0.2, 0) is 9.47 Å². The summed E-state index contributed by atoms with van der Waals surface area (Å²) in [7, 11) is 0. The third-order valence-corrected chi connectivity index (χ3v) is 4.56. The number of nitrogens with one attached hydrogen (secondary N) is 2. The summed E-state index contributed by atoms with van der Waals surface area (Å²) in [6.45, 7) is 7.68. The van der Waals surface area contributed by atoms with Crippen LogP contribution in [0.4, 0.5) is 4.79 Å². The molecule has 1 aliphatic rings. The molecule has 0 radical (unpaired) electrons. The Balaban J connectivity index is 1.43. The second kappa shape index (κ2) is 9.40. The van der Waals surface area contributed by atoms with Crippen molar-refractivity contribution in [2.45, 2.75) is 32.5 Å². The van der Waals surface area contributed by atoms with Gasteiger partial charge in [0.15, 0.2) is 0 Å². The topological polar surface area (TPSA) is 100 Å². The maximum absolute atomic E-state index is 11.9. The van der Waals surface area contributed by atoms with Gasteiger partial charge in [0.2, 0.25) is 0 Å². The summed E-state index contributed by atoms with van der Waals surface area (Å²) in [6, 6.07) is 5.35. The van der Waals surface area contributed by atoms with Crippen LogP contribution >= 0.6 is 11.6 Å². The lowest BCUT2D eigenvalue weighted by Crippen LogP contribution is -2.56. The van der Waals surface area contributed by atoms with Crippen molar-refractivity contribution in [2.24, 2.45) is 0 Å². The molecule has 2 aromatic heterocycles. The van der Waals surface area contributed by atoms with Crippen molar-refractivity contribution >= 4 is 40.5 Å². The van der Waals surface area contributed by atoms with Crippen molar-refractivity contribution < 1.29 is 14.3 Å². The van der Waals surface area contributed by atoms with Gasteiger partial charge in [0, 0.05) is 36.3 Å². The Labute approximate surface area is 180 Å². The van der Waals surface area contributed by atoms with E-state index in [1.54, 1.807) is 23.4 Å². The highest BCUT2D eigenvalue weighted by Crippen LogP contribution is 2.19. The largest absolute Gasteiger partial charge is 0.444 e. The molecule has 2 N–H and O–H groups in total. The lowest BCUT2D eigenvalue weighted by Gasteiger charge is -2.39. The minimum Gasteiger partial charge on any atom is -0.444 e. The van der Waals surface area contributed by atoms with E-state index in [0.29, 0.717) is 42.5 Å². The first kappa shape index (κ1) is 22.0. The molecule has 3 heterocycles. The number of carbonyl (C=O) groups is 1. The molecule has 0 unspecified atom stereocenters. The molecular weight excluding hydrogens is 406 g/mol. The summed E-state index contributed by atoms with van der Waals surface area (Å²) < 4.78 is 11.1. The first-order valence-electron chi connectivity index (χ1n) is 9.71. The van der Waals surface area contributed by atoms with Crippen LogP contribution in [0.3, 0.4) is 0 Å². The van der Waals surface area contributed by atoms with Gasteiger partial charge in [-0.2, -0.15) is 0 Å². The van der Waals surface area contributed by atoms with Gasteiger partial charge in [0.25, 0.3) is 0 Å². The molecule has 30 heavy (non-hydrogen) atoms. The van der Waals surface area contributed by atoms with Gasteiger partial charge in [0.1, 0.15) is 10.8 Å². The van der Waals surface area contributed by atoms with E-state index in [1.807, 2.05) is 32.9 Å². The molecule has 0 aliphatic carbocycles. The summed E-state index contributed by atoms with van der Waals surface area (Å²) in [5, 5.41) is 11.2. The Bertz CT molecular complexity index is 951. The van der Waals surface area contributed by atoms with E-state index in [2.05, 4.69) is 15.3 Å². The van der Waals surface area contributed by atoms with Gasteiger partial charge < -0.3 is 25.1 Å². The minimum atomic E-state index is -0.491. The maximum Gasteiger partial charge on any atom is 0.410 e. The number of carbonyl (C=O) groups excluding carboxylic acids is 1. The first-order chi connectivity index (χ1) is 14.2. The highest BCUT2D eigenvalue weighted by molar-refractivity contribution is 6.29. The molecule has 0 spiro atoms. The Morgan fingerprint density at radius 3 is 2.83 bits per heavy atom. The van der Waals surface area contributed by atoms with Crippen molar-refractivity contribution in [3.8, 4) is 0 Å². The fourth-order valence-electron chi connectivity index (χ4n) is 2.83. The second-order valence-corrected chi connectivity index (χ2v) is 8.36. The fourth-order valence-corrected chi connectivity index (χ4v) is 2.99. The number of hydrogen-bond donors (Lipinski definition) is 2. The number of ether oxygens (including phenoxy) is 2. The SMILES string of the molecule is CC(C)(C)OC(=O)N1CC(OCCN/C=C(\C=N)c2cnc3ccc(Cl)nc3c2)C1. The fraction of sp³-hybridized carbons (Fsp3) is 0.429. The smallest absolute Gasteiger partial charge is 0.410 e. The third-order valence-electron chi connectivity index (χ3n) is 4.35. The number of hydrogen-bond acceptors (Lipinski definition) is 7. The van der Waals surface area contributed by atoms with Gasteiger partial charge >= 0.3 is 6.09 Å². The predicted molar refractivity (Wildman–Crippen MR) is 117 cm³/mol. The molecule has 1 fully saturated rings. The number of nitrogens with zero attached hydrogens (tertiary/aromatic N) is 3. The lowest BCUT2D eigenvalue weighted by atomic mass is 10.1. The van der Waals surface area contributed by atoms with Crippen LogP contribution < -0.4 is 5.32 Å². The van der Waals surface area contributed by atoms with Gasteiger partial charge in [0.05, 0.1) is 36.8 Å². The Morgan fingerprint density at radius 2 is 2.13 bits per heavy atom. The number of allylic oxidation sites excluding steroid dienone is 1. The molecule has 1 saturated heterocycles. The molecular formula is C21H26ClN5O3. The van der Waals surface area contributed by atoms with E-state index in [1.165, 1.54) is 6.21 Å². The molecule has 160 valence electrons. The lowest BCUT2D eigenvalue weighted by molar-refractivity contribution is -0.0616. The van der Waals surface area contributed by atoms with Crippen LogP contribution in [0, 0.1) is 5.41 Å². The van der Waals surface area contributed by atoms with E-state index >= 15 is 0 Å². The third kappa shape index (κ3) is 5.90. The van der Waals surface area contributed by atoms with Gasteiger partial charge in [-0.05, 0) is 39.0 Å². The quantitative estimate of drug-likeness (QED) is 0.395. The molecule has 0 aromatic carbocycles. The van der Waals surface area contributed by atoms with E-state index in [9.17, 15) is 4.79 Å². The van der Waals surface area contributed by atoms with Crippen LogP contribution in [-0.4, -0.2) is 65.1 Å². The molecule has 0 atom stereocenters. The van der Waals surface area contributed by atoms with E-state index in [-0.39, 0.29) is 12.2 Å². The zero-order valence-electron chi connectivity index (χ0n) is 17.3. The highest BCUT2D eigenvalue weighted by Gasteiger charge is 2.34. The monoisotopic (exact) mass is 431 g/mol. The van der Waals surface area contributed by atoms with E-state index in [4.69, 9.17) is 26.5 Å². The molecule has 9 heteroatoms. The summed E-state index contributed by atoms with van der Waals surface area (Å²) in [5.41, 5.74) is 2.37. The second-order valence-electron chi connectivity index (χ2n) is 7.97. The number of fused-ring (bicyclic) bond motifs is 1. The average Bonchev–Trinajstić information content (AvgIpc) is 2.63. The number of halogens is 1. The normalized spacial score (nSPS) is 15.1. The van der Waals surface area contributed by atoms with E-state index < -0.39 is 5.60 Å². The van der Waals surface area contributed by atoms with Crippen molar-refractivity contribution in [3.05, 3.63) is 41.3 Å². The standard InChI is InChI=1S/C21H26ClN5O3/c1-21(2,3)30-20(28)27-12-16(13-27)29-7-6-24-10-15(9-23)14-8-18-17(25-11-14)4-5-19(22)26-18/h4-5,8-11,16,23-24H,6-7,12-13H2,1-3H3/b15-10+,23-9?. The maximum atomic E-state index is 11.9. The number of likely N-dealkylation sites (tertiary alicyclic amines) is 1. The Morgan fingerprint density at radius 1 is 1.37 bits per heavy atom. The highest BCUT2D eigenvalue weighted by atomic mass is 35.5. The summed E-state index contributed by atoms with van der Waals surface area (Å²) >= 11 is 5.95. The number of aromatic nitrogens is 2. The molecule has 0 bridgehead atoms. The predicted octanol–water partition coefficient (Wildman–Crippen LogP) is 3.50. The molecule has 0 saturated carbocycles. The van der Waals surface area contributed by atoms with Gasteiger partial charge in [-0.25, -0.2) is 9.78 Å². The van der Waals surface area contributed by atoms with Crippen LogP contribution in [0.15, 0.2) is 30.6 Å². The average molecular weight is 432 g/mol. The van der Waals surface area contributed by atoms with E-state index in [0.717, 1.165) is 11.1 Å². The van der Waals surface area contributed by atoms with Crippen LogP contribution in [0.1, 0.15) is 26.3 Å². The summed E-state index contributed by atoms with van der Waals surface area (Å²) in [5.74, 6) is 0. The number of rotatable bonds is 7. The van der Waals surface area contributed by atoms with Crippen LogP contribution in [0.5, 0.6) is 0 Å². The Hall–Kier alpha value is -2.71. The molecule has 1 amide bonds. The van der Waals surface area contributed by atoms with Gasteiger partial charge in [-0.15, -0.1) is 0 Å². The number of amides is 1. The zero-order valence-corrected chi connectivity index (χ0v) is 18.1. The summed E-state index contributed by atoms with van der Waals surface area (Å²) in [4.78, 5) is 22.1. The van der Waals surface area contributed by atoms with Crippen LogP contribution in [0.2, 0.25) is 5.15 Å². The first-order valence-corrected chi connectivity index (χ1v) is 10.1. The van der Waals surface area contributed by atoms with Gasteiger partial charge in [-0.3, -0.25) is 4.98 Å². The minimum absolute atomic E-state index is 0.0195. The van der Waals surface area contributed by atoms with Gasteiger partial charge in [-0.1, -0.05) is 11.6 Å². The van der Waals surface area contributed by atoms with Crippen molar-refractivity contribution in [2.75, 3.05) is 26.2 Å². The van der Waals surface area contributed by atoms with Crippen LogP contribution in [0.25, 0.3) is 16.6 Å². The molecule has 3 rings (SSSR count).